The van der Waals surface area contributed by atoms with Crippen LogP contribution in [0.15, 0.2) is 249 Å². The Labute approximate surface area is 404 Å². The predicted molar refractivity (Wildman–Crippen MR) is 295 cm³/mol. The van der Waals surface area contributed by atoms with E-state index in [0.717, 1.165) is 19.3 Å². The third-order valence-electron chi connectivity index (χ3n) is 14.8. The van der Waals surface area contributed by atoms with Gasteiger partial charge in [-0.05, 0) is 122 Å². The van der Waals surface area contributed by atoms with E-state index in [4.69, 9.17) is 0 Å². The summed E-state index contributed by atoms with van der Waals surface area (Å²) >= 11 is 0. The quantitative estimate of drug-likeness (QED) is 0.101. The second-order valence-electron chi connectivity index (χ2n) is 18.7. The fraction of sp³-hybridized carbons (Fsp3) is 0.0606. The molecule has 0 radical (unpaired) electrons. The first-order valence-corrected chi connectivity index (χ1v) is 26.4. The lowest BCUT2D eigenvalue weighted by Crippen LogP contribution is -2.74. The normalized spacial score (nSPS) is 14.5. The van der Waals surface area contributed by atoms with Crippen LogP contribution in [0.4, 0.5) is 0 Å². The third kappa shape index (κ3) is 6.92. The van der Waals surface area contributed by atoms with Crippen LogP contribution in [0.3, 0.4) is 0 Å². The lowest BCUT2D eigenvalue weighted by molar-refractivity contribution is 0.852. The molecule has 11 aromatic rings. The monoisotopic (exact) mass is 898 g/mol. The van der Waals surface area contributed by atoms with Crippen LogP contribution in [0.1, 0.15) is 30.7 Å². The van der Waals surface area contributed by atoms with Gasteiger partial charge in [0.25, 0.3) is 0 Å². The minimum absolute atomic E-state index is 0.345. The van der Waals surface area contributed by atoms with Gasteiger partial charge in [-0.2, -0.15) is 0 Å². The molecular formula is C66H50N2Si. The van der Waals surface area contributed by atoms with Crippen LogP contribution in [0, 0.1) is 0 Å². The molecule has 2 nitrogen and oxygen atoms in total. The first-order chi connectivity index (χ1) is 34.2. The Balaban J connectivity index is 1.02. The molecule has 1 atom stereocenters. The zero-order chi connectivity index (χ0) is 45.7. The summed E-state index contributed by atoms with van der Waals surface area (Å²) in [5, 5.41) is 11.9. The van der Waals surface area contributed by atoms with Crippen molar-refractivity contribution in [2.75, 3.05) is 0 Å². The molecular weight excluding hydrogens is 849 g/mol. The molecule has 0 amide bonds. The minimum atomic E-state index is -2.81. The fourth-order valence-electron chi connectivity index (χ4n) is 11.6. The molecule has 13 rings (SSSR count). The number of fused-ring (bicyclic) bond motifs is 6. The Kier molecular flexibility index (Phi) is 10.2. The molecule has 9 aromatic carbocycles. The van der Waals surface area contributed by atoms with E-state index >= 15 is 0 Å². The molecule has 0 saturated heterocycles. The molecule has 0 bridgehead atoms. The second kappa shape index (κ2) is 17.1. The first-order valence-electron chi connectivity index (χ1n) is 24.4. The summed E-state index contributed by atoms with van der Waals surface area (Å²) in [5.74, 6) is 0.345. The van der Waals surface area contributed by atoms with E-state index in [-0.39, 0.29) is 0 Å². The maximum absolute atomic E-state index is 2.81. The number of aromatic nitrogens is 2. The Hall–Kier alpha value is -8.24. The smallest absolute Gasteiger partial charge is 0.179 e. The number of hydrogen-bond acceptors (Lipinski definition) is 0. The van der Waals surface area contributed by atoms with Crippen LogP contribution >= 0.6 is 0 Å². The summed E-state index contributed by atoms with van der Waals surface area (Å²) in [6.45, 7) is 0. The van der Waals surface area contributed by atoms with Gasteiger partial charge in [-0.1, -0.05) is 206 Å². The van der Waals surface area contributed by atoms with Crippen molar-refractivity contribution in [2.45, 2.75) is 25.2 Å². The van der Waals surface area contributed by atoms with Crippen molar-refractivity contribution in [2.24, 2.45) is 0 Å². The zero-order valence-electron chi connectivity index (χ0n) is 38.4. The van der Waals surface area contributed by atoms with E-state index in [9.17, 15) is 0 Å². The zero-order valence-corrected chi connectivity index (χ0v) is 39.4. The number of allylic oxidation sites excluding steroid dienone is 4. The number of hydrogen-bond donors (Lipinski definition) is 0. The molecule has 2 heterocycles. The van der Waals surface area contributed by atoms with Crippen LogP contribution in [0.5, 0.6) is 0 Å². The summed E-state index contributed by atoms with van der Waals surface area (Å²) in [4.78, 5) is 0. The van der Waals surface area contributed by atoms with E-state index < -0.39 is 8.07 Å². The van der Waals surface area contributed by atoms with Crippen molar-refractivity contribution in [3.63, 3.8) is 0 Å². The van der Waals surface area contributed by atoms with Gasteiger partial charge < -0.3 is 9.13 Å². The van der Waals surface area contributed by atoms with Crippen molar-refractivity contribution in [3.8, 4) is 33.6 Å². The van der Waals surface area contributed by atoms with E-state index in [1.165, 1.54) is 103 Å². The maximum Gasteiger partial charge on any atom is 0.179 e. The molecule has 3 heteroatoms. The summed E-state index contributed by atoms with van der Waals surface area (Å²) in [7, 11) is -2.81. The van der Waals surface area contributed by atoms with Crippen molar-refractivity contribution >= 4 is 73.7 Å². The predicted octanol–water partition coefficient (Wildman–Crippen LogP) is 12.4. The molecule has 0 spiro atoms. The number of rotatable bonds is 9. The van der Waals surface area contributed by atoms with E-state index in [2.05, 4.69) is 270 Å². The molecule has 2 aromatic heterocycles. The van der Waals surface area contributed by atoms with Gasteiger partial charge in [0.05, 0.1) is 16.6 Å². The topological polar surface area (TPSA) is 9.86 Å². The first kappa shape index (κ1) is 41.0. The molecule has 1 unspecified atom stereocenters. The Morgan fingerprint density at radius 1 is 0.377 bits per heavy atom. The van der Waals surface area contributed by atoms with Crippen LogP contribution in [0.25, 0.3) is 78.5 Å². The fourth-order valence-corrected chi connectivity index (χ4v) is 16.4. The van der Waals surface area contributed by atoms with Crippen LogP contribution in [0.2, 0.25) is 0 Å². The Morgan fingerprint density at radius 2 is 0.957 bits per heavy atom. The largest absolute Gasteiger partial charge is 0.310 e. The number of nitrogens with zero attached hydrogens (tertiary/aromatic N) is 2. The highest BCUT2D eigenvalue weighted by Gasteiger charge is 2.41. The average Bonchev–Trinajstić information content (AvgIpc) is 3.94. The van der Waals surface area contributed by atoms with Gasteiger partial charge in [-0.3, -0.25) is 0 Å². The standard InChI is InChI=1S/C66H50N2Si/c1-6-20-47(21-7-1)49-24-18-26-53(42-49)67-63-35-17-16-34-59(63)61-44-51(36-40-64(61)67)52-37-41-65-62(45-52)60-39-38-58(46-66(60)68(65)54-27-19-25-50(43-54)48-22-8-2-9-23-48)69(55-28-10-3-11-29-55,56-30-12-4-13-31-56)57-32-14-5-15-33-57/h1-15,18-22,24-46,48H,16-17,23H2. The summed E-state index contributed by atoms with van der Waals surface area (Å²) in [5.41, 5.74) is 12.3. The lowest BCUT2D eigenvalue weighted by Gasteiger charge is -2.34. The van der Waals surface area contributed by atoms with Gasteiger partial charge in [0, 0.05) is 44.0 Å². The summed E-state index contributed by atoms with van der Waals surface area (Å²) in [6, 6.07) is 84.5. The highest BCUT2D eigenvalue weighted by molar-refractivity contribution is 7.20. The van der Waals surface area contributed by atoms with Crippen LogP contribution < -0.4 is 31.3 Å². The number of benzene rings is 9. The second-order valence-corrected chi connectivity index (χ2v) is 22.5. The molecule has 328 valence electrons. The Bertz CT molecular complexity index is 3820. The summed E-state index contributed by atoms with van der Waals surface area (Å²) < 4.78 is 5.01. The molecule has 69 heavy (non-hydrogen) atoms. The average molecular weight is 899 g/mol. The molecule has 0 N–H and O–H groups in total. The van der Waals surface area contributed by atoms with E-state index in [1.54, 1.807) is 0 Å². The van der Waals surface area contributed by atoms with Gasteiger partial charge in [-0.15, -0.1) is 0 Å². The maximum atomic E-state index is 2.55. The highest BCUT2D eigenvalue weighted by Crippen LogP contribution is 2.37. The molecule has 0 fully saturated rings. The van der Waals surface area contributed by atoms with Crippen molar-refractivity contribution < 1.29 is 0 Å². The molecule has 0 aliphatic heterocycles. The van der Waals surface area contributed by atoms with E-state index in [0.29, 0.717) is 5.92 Å². The SMILES string of the molecule is C1=CCC(c2cccc(-n3c4ccc(-c5ccc6c(c5)c5c(n6-c6cccc(-c7ccccc7)c6)=CCCC=5)cc4c4ccc([Si](c5ccccc5)(c5ccccc5)c5ccccc5)cc43)c2)C=C1. The van der Waals surface area contributed by atoms with Crippen LogP contribution in [-0.2, 0) is 0 Å². The van der Waals surface area contributed by atoms with E-state index in [1.807, 2.05) is 0 Å². The van der Waals surface area contributed by atoms with Crippen molar-refractivity contribution in [3.05, 3.63) is 265 Å². The van der Waals surface area contributed by atoms with Gasteiger partial charge in [0.1, 0.15) is 0 Å². The van der Waals surface area contributed by atoms with Gasteiger partial charge in [0.2, 0.25) is 0 Å². The minimum Gasteiger partial charge on any atom is -0.310 e. The highest BCUT2D eigenvalue weighted by atomic mass is 28.3. The Morgan fingerprint density at radius 3 is 1.62 bits per heavy atom. The van der Waals surface area contributed by atoms with Crippen molar-refractivity contribution in [1.29, 1.82) is 0 Å². The molecule has 2 aliphatic rings. The molecule has 2 aliphatic carbocycles. The van der Waals surface area contributed by atoms with Gasteiger partial charge in [0.15, 0.2) is 8.07 Å². The lowest BCUT2D eigenvalue weighted by atomic mass is 9.92. The molecule has 0 saturated carbocycles. The summed E-state index contributed by atoms with van der Waals surface area (Å²) in [6.07, 6.45) is 17.0. The van der Waals surface area contributed by atoms with Gasteiger partial charge in [-0.25, -0.2) is 0 Å². The van der Waals surface area contributed by atoms with Crippen molar-refractivity contribution in [1.82, 2.24) is 9.13 Å². The van der Waals surface area contributed by atoms with Crippen LogP contribution in [-0.4, -0.2) is 17.2 Å². The third-order valence-corrected chi connectivity index (χ3v) is 19.6. The van der Waals surface area contributed by atoms with Gasteiger partial charge >= 0.3 is 0 Å².